The van der Waals surface area contributed by atoms with E-state index in [0.717, 1.165) is 16.7 Å². The first kappa shape index (κ1) is 21.5. The molecule has 2 heterocycles. The summed E-state index contributed by atoms with van der Waals surface area (Å²) in [5.74, 6) is 0.914. The molecule has 3 rings (SSSR count). The zero-order chi connectivity index (χ0) is 21.3. The first-order valence-electron chi connectivity index (χ1n) is 10.2. The van der Waals surface area contributed by atoms with Crippen molar-refractivity contribution in [3.8, 4) is 0 Å². The Balaban J connectivity index is 1.70. The van der Waals surface area contributed by atoms with Gasteiger partial charge < -0.3 is 25.7 Å². The van der Waals surface area contributed by atoms with Gasteiger partial charge in [0.05, 0.1) is 19.4 Å². The third kappa shape index (κ3) is 5.66. The lowest BCUT2D eigenvalue weighted by Gasteiger charge is -2.12. The Morgan fingerprint density at radius 2 is 2.00 bits per heavy atom. The van der Waals surface area contributed by atoms with Crippen molar-refractivity contribution < 1.29 is 9.53 Å². The molecule has 0 bridgehead atoms. The molecule has 0 spiro atoms. The van der Waals surface area contributed by atoms with Gasteiger partial charge in [-0.25, -0.2) is 4.98 Å². The molecule has 0 unspecified atom stereocenters. The van der Waals surface area contributed by atoms with Crippen LogP contribution in [0.15, 0.2) is 36.7 Å². The number of hydrogen-bond donors (Lipinski definition) is 3. The molecule has 160 valence electrons. The van der Waals surface area contributed by atoms with Gasteiger partial charge in [-0.3, -0.25) is 4.79 Å². The number of fused-ring (bicyclic) bond motifs is 1. The summed E-state index contributed by atoms with van der Waals surface area (Å²) in [4.78, 5) is 25.1. The van der Waals surface area contributed by atoms with Crippen molar-refractivity contribution in [1.29, 1.82) is 0 Å². The van der Waals surface area contributed by atoms with Crippen molar-refractivity contribution in [2.75, 3.05) is 30.3 Å². The summed E-state index contributed by atoms with van der Waals surface area (Å²) < 4.78 is 7.13. The van der Waals surface area contributed by atoms with Gasteiger partial charge in [-0.1, -0.05) is 30.3 Å². The van der Waals surface area contributed by atoms with Crippen LogP contribution in [0.5, 0.6) is 0 Å². The number of hydrogen-bond acceptors (Lipinski definition) is 8. The van der Waals surface area contributed by atoms with Gasteiger partial charge in [-0.2, -0.15) is 9.97 Å². The van der Waals surface area contributed by atoms with E-state index in [1.165, 1.54) is 0 Å². The molecule has 0 amide bonds. The van der Waals surface area contributed by atoms with Gasteiger partial charge in [0.25, 0.3) is 0 Å². The summed E-state index contributed by atoms with van der Waals surface area (Å²) in [6.45, 7) is 6.02. The van der Waals surface area contributed by atoms with Crippen molar-refractivity contribution >= 4 is 28.9 Å². The Labute approximate surface area is 176 Å². The van der Waals surface area contributed by atoms with Crippen LogP contribution in [0.1, 0.15) is 38.3 Å². The maximum absolute atomic E-state index is 11.4. The van der Waals surface area contributed by atoms with Gasteiger partial charge in [-0.05, 0) is 25.8 Å². The number of nitrogens with two attached hydrogens (primary N) is 1. The Morgan fingerprint density at radius 3 is 2.73 bits per heavy atom. The van der Waals surface area contributed by atoms with Crippen molar-refractivity contribution in [2.45, 2.75) is 39.3 Å². The molecule has 2 aromatic heterocycles. The van der Waals surface area contributed by atoms with Crippen LogP contribution in [0, 0.1) is 0 Å². The number of nitrogens with one attached hydrogen (secondary N) is 2. The molecule has 0 radical (unpaired) electrons. The van der Waals surface area contributed by atoms with Crippen LogP contribution in [0.4, 0.5) is 11.8 Å². The largest absolute Gasteiger partial charge is 0.466 e. The number of benzene rings is 1. The second-order valence-corrected chi connectivity index (χ2v) is 7.19. The Hall–Kier alpha value is -3.20. The number of carbonyl (C=O) groups is 1. The van der Waals surface area contributed by atoms with Crippen LogP contribution in [0.25, 0.3) is 11.2 Å². The maximum Gasteiger partial charge on any atom is 0.307 e. The highest BCUT2D eigenvalue weighted by atomic mass is 16.5. The van der Waals surface area contributed by atoms with Crippen LogP contribution in [-0.4, -0.2) is 45.2 Å². The Bertz CT molecular complexity index is 957. The van der Waals surface area contributed by atoms with Gasteiger partial charge in [0, 0.05) is 25.7 Å². The number of esters is 1. The topological polar surface area (TPSA) is 120 Å². The van der Waals surface area contributed by atoms with Crippen molar-refractivity contribution in [1.82, 2.24) is 19.5 Å². The second-order valence-electron chi connectivity index (χ2n) is 7.19. The lowest BCUT2D eigenvalue weighted by Crippen LogP contribution is -2.14. The number of anilines is 2. The van der Waals surface area contributed by atoms with E-state index in [-0.39, 0.29) is 18.4 Å². The molecule has 0 saturated carbocycles. The Kier molecular flexibility index (Phi) is 7.56. The zero-order valence-electron chi connectivity index (χ0n) is 17.5. The minimum Gasteiger partial charge on any atom is -0.466 e. The smallest absolute Gasteiger partial charge is 0.307 e. The molecular weight excluding hydrogens is 382 g/mol. The molecule has 0 saturated heterocycles. The van der Waals surface area contributed by atoms with E-state index in [1.807, 2.05) is 22.8 Å². The van der Waals surface area contributed by atoms with Crippen molar-refractivity contribution in [3.05, 3.63) is 42.2 Å². The normalized spacial score (nSPS) is 11.1. The van der Waals surface area contributed by atoms with Crippen LogP contribution < -0.4 is 16.4 Å². The van der Waals surface area contributed by atoms with Gasteiger partial charge >= 0.3 is 5.97 Å². The van der Waals surface area contributed by atoms with Gasteiger partial charge in [0.1, 0.15) is 0 Å². The minimum absolute atomic E-state index is 0.224. The summed E-state index contributed by atoms with van der Waals surface area (Å²) in [5, 5.41) is 6.60. The number of aromatic nitrogens is 4. The highest BCUT2D eigenvalue weighted by Crippen LogP contribution is 2.23. The molecule has 3 aromatic rings. The van der Waals surface area contributed by atoms with E-state index < -0.39 is 0 Å². The lowest BCUT2D eigenvalue weighted by molar-refractivity contribution is -0.143. The van der Waals surface area contributed by atoms with Crippen LogP contribution in [0.2, 0.25) is 0 Å². The summed E-state index contributed by atoms with van der Waals surface area (Å²) >= 11 is 0. The fraction of sp³-hybridized carbons (Fsp3) is 0.429. The summed E-state index contributed by atoms with van der Waals surface area (Å²) in [7, 11) is 0. The predicted molar refractivity (Wildman–Crippen MR) is 117 cm³/mol. The number of nitrogens with zero attached hydrogens (tertiary/aromatic N) is 4. The van der Waals surface area contributed by atoms with Crippen molar-refractivity contribution in [3.63, 3.8) is 0 Å². The molecule has 9 heteroatoms. The molecule has 0 fully saturated rings. The molecule has 9 nitrogen and oxygen atoms in total. The van der Waals surface area contributed by atoms with E-state index in [1.54, 1.807) is 6.33 Å². The quantitative estimate of drug-likeness (QED) is 0.325. The van der Waals surface area contributed by atoms with Crippen LogP contribution in [0.3, 0.4) is 0 Å². The summed E-state index contributed by atoms with van der Waals surface area (Å²) in [6, 6.07) is 10.3. The molecule has 30 heavy (non-hydrogen) atoms. The molecule has 1 aromatic carbocycles. The highest BCUT2D eigenvalue weighted by Gasteiger charge is 2.15. The number of carbonyl (C=O) groups excluding carboxylic acids is 1. The van der Waals surface area contributed by atoms with Gasteiger partial charge in [0.15, 0.2) is 17.0 Å². The number of rotatable bonds is 11. The van der Waals surface area contributed by atoms with Crippen molar-refractivity contribution in [2.24, 2.45) is 5.73 Å². The van der Waals surface area contributed by atoms with E-state index >= 15 is 0 Å². The average Bonchev–Trinajstić information content (AvgIpc) is 3.17. The molecular formula is C21H29N7O2. The second kappa shape index (κ2) is 10.5. The van der Waals surface area contributed by atoms with Gasteiger partial charge in [0.2, 0.25) is 5.95 Å². The predicted octanol–water partition coefficient (Wildman–Crippen LogP) is 2.71. The highest BCUT2D eigenvalue weighted by molar-refractivity contribution is 5.84. The van der Waals surface area contributed by atoms with Gasteiger partial charge in [-0.15, -0.1) is 0 Å². The van der Waals surface area contributed by atoms with Crippen LogP contribution in [-0.2, 0) is 16.1 Å². The fourth-order valence-corrected chi connectivity index (χ4v) is 2.93. The third-order valence-electron chi connectivity index (χ3n) is 4.50. The zero-order valence-corrected chi connectivity index (χ0v) is 17.5. The molecule has 0 aliphatic carbocycles. The first-order chi connectivity index (χ1) is 14.6. The maximum atomic E-state index is 11.4. The standard InChI is InChI=1S/C21H29N7O2/c1-15(2)28-14-25-18-19(24-13-16-7-4-3-5-8-16)26-21(27-20(18)28)23-11-6-12-30-17(29)9-10-22/h3-5,7-8,14-15H,6,9-13,22H2,1-2H3,(H2,23,24,26,27). The van der Waals surface area contributed by atoms with Crippen LogP contribution >= 0.6 is 0 Å². The number of imidazole rings is 1. The lowest BCUT2D eigenvalue weighted by atomic mass is 10.2. The molecule has 0 aliphatic heterocycles. The third-order valence-corrected chi connectivity index (χ3v) is 4.50. The summed E-state index contributed by atoms with van der Waals surface area (Å²) in [5.41, 5.74) is 8.00. The Morgan fingerprint density at radius 1 is 1.20 bits per heavy atom. The minimum atomic E-state index is -0.275. The summed E-state index contributed by atoms with van der Waals surface area (Å²) in [6.07, 6.45) is 2.68. The molecule has 4 N–H and O–H groups in total. The van der Waals surface area contributed by atoms with E-state index in [0.29, 0.717) is 44.4 Å². The van der Waals surface area contributed by atoms with E-state index in [2.05, 4.69) is 51.6 Å². The average molecular weight is 412 g/mol. The van der Waals surface area contributed by atoms with E-state index in [4.69, 9.17) is 10.5 Å². The monoisotopic (exact) mass is 411 g/mol. The van der Waals surface area contributed by atoms with E-state index in [9.17, 15) is 4.79 Å². The first-order valence-corrected chi connectivity index (χ1v) is 10.2. The SMILES string of the molecule is CC(C)n1cnc2c(NCc3ccccc3)nc(NCCCOC(=O)CCN)nc21. The fourth-order valence-electron chi connectivity index (χ4n) is 2.93. The number of ether oxygens (including phenoxy) is 1. The molecule has 0 atom stereocenters. The molecule has 0 aliphatic rings.